The van der Waals surface area contributed by atoms with Gasteiger partial charge in [-0.25, -0.2) is 9.98 Å². The van der Waals surface area contributed by atoms with Gasteiger partial charge in [-0.1, -0.05) is 0 Å². The molecular weight excluding hydrogens is 388 g/mol. The Hall–Kier alpha value is -2.96. The third-order valence-corrected chi connectivity index (χ3v) is 6.00. The summed E-state index contributed by atoms with van der Waals surface area (Å²) in [5.41, 5.74) is 2.46. The number of aromatic nitrogens is 1. The second-order valence-corrected chi connectivity index (χ2v) is 8.06. The van der Waals surface area contributed by atoms with Crippen LogP contribution >= 0.6 is 0 Å². The molecule has 0 spiro atoms. The summed E-state index contributed by atoms with van der Waals surface area (Å²) in [4.78, 5) is 16.7. The Balaban J connectivity index is 1.37. The average Bonchev–Trinajstić information content (AvgIpc) is 3.37. The van der Waals surface area contributed by atoms with E-state index in [1.807, 2.05) is 18.3 Å². The van der Waals surface area contributed by atoms with Crippen molar-refractivity contribution >= 4 is 17.5 Å². The van der Waals surface area contributed by atoms with Crippen molar-refractivity contribution in [3.63, 3.8) is 0 Å². The number of ether oxygens (including phenoxy) is 1. The Morgan fingerprint density at radius 1 is 1.00 bits per heavy atom. The lowest BCUT2D eigenvalue weighted by molar-refractivity contribution is 0.372. The zero-order chi connectivity index (χ0) is 21.5. The van der Waals surface area contributed by atoms with E-state index in [9.17, 15) is 0 Å². The number of piperazine rings is 1. The molecular formula is C24H34N6O. The number of methoxy groups -OCH3 is 1. The predicted molar refractivity (Wildman–Crippen MR) is 127 cm³/mol. The maximum absolute atomic E-state index is 5.27. The molecule has 0 saturated carbocycles. The van der Waals surface area contributed by atoms with Crippen molar-refractivity contribution in [1.29, 1.82) is 0 Å². The highest BCUT2D eigenvalue weighted by atomic mass is 16.5. The first-order valence-corrected chi connectivity index (χ1v) is 11.4. The summed E-state index contributed by atoms with van der Waals surface area (Å²) in [6.07, 6.45) is 4.44. The molecule has 0 unspecified atom stereocenters. The lowest BCUT2D eigenvalue weighted by atomic mass is 10.2. The first kappa shape index (κ1) is 21.3. The Kier molecular flexibility index (Phi) is 7.12. The standard InChI is InChI=1S/C24H34N6O/c1-3-25-24(27-19-20-10-11-26-23(18-20)29-12-4-5-13-29)30-16-14-28(15-17-30)21-6-8-22(31-2)9-7-21/h6-11,18H,3-5,12-17,19H2,1-2H3,(H,25,27). The number of hydrogen-bond acceptors (Lipinski definition) is 5. The molecule has 0 radical (unpaired) electrons. The van der Waals surface area contributed by atoms with Gasteiger partial charge >= 0.3 is 0 Å². The summed E-state index contributed by atoms with van der Waals surface area (Å²) in [7, 11) is 1.70. The van der Waals surface area contributed by atoms with Gasteiger partial charge in [0.2, 0.25) is 0 Å². The molecule has 0 atom stereocenters. The van der Waals surface area contributed by atoms with Crippen LogP contribution in [0.3, 0.4) is 0 Å². The van der Waals surface area contributed by atoms with Gasteiger partial charge in [0, 0.05) is 57.7 Å². The number of pyridine rings is 1. The summed E-state index contributed by atoms with van der Waals surface area (Å²) in [6, 6.07) is 12.6. The van der Waals surface area contributed by atoms with Crippen molar-refractivity contribution in [3.05, 3.63) is 48.2 Å². The van der Waals surface area contributed by atoms with Crippen LogP contribution in [0.5, 0.6) is 5.75 Å². The smallest absolute Gasteiger partial charge is 0.194 e. The molecule has 2 aliphatic heterocycles. The summed E-state index contributed by atoms with van der Waals surface area (Å²) >= 11 is 0. The average molecular weight is 423 g/mol. The molecule has 0 amide bonds. The summed E-state index contributed by atoms with van der Waals surface area (Å²) in [5, 5.41) is 3.48. The molecule has 4 rings (SSSR count). The van der Waals surface area contributed by atoms with Gasteiger partial charge in [-0.3, -0.25) is 0 Å². The highest BCUT2D eigenvalue weighted by molar-refractivity contribution is 5.80. The first-order valence-electron chi connectivity index (χ1n) is 11.4. The maximum Gasteiger partial charge on any atom is 0.194 e. The highest BCUT2D eigenvalue weighted by Gasteiger charge is 2.20. The van der Waals surface area contributed by atoms with Crippen LogP contribution in [0.15, 0.2) is 47.6 Å². The van der Waals surface area contributed by atoms with Crippen molar-refractivity contribution in [2.24, 2.45) is 4.99 Å². The molecule has 2 aromatic rings. The Morgan fingerprint density at radius 2 is 1.74 bits per heavy atom. The van der Waals surface area contributed by atoms with Crippen LogP contribution in [0.4, 0.5) is 11.5 Å². The predicted octanol–water partition coefficient (Wildman–Crippen LogP) is 2.98. The number of guanidine groups is 1. The molecule has 2 fully saturated rings. The molecule has 31 heavy (non-hydrogen) atoms. The Labute approximate surface area is 185 Å². The molecule has 3 heterocycles. The minimum Gasteiger partial charge on any atom is -0.497 e. The van der Waals surface area contributed by atoms with Crippen molar-refractivity contribution in [2.45, 2.75) is 26.3 Å². The third-order valence-electron chi connectivity index (χ3n) is 6.00. The van der Waals surface area contributed by atoms with Gasteiger partial charge in [0.05, 0.1) is 13.7 Å². The number of nitrogens with zero attached hydrogens (tertiary/aromatic N) is 5. The number of nitrogens with one attached hydrogen (secondary N) is 1. The molecule has 7 heteroatoms. The fraction of sp³-hybridized carbons (Fsp3) is 0.500. The van der Waals surface area contributed by atoms with Gasteiger partial charge in [0.1, 0.15) is 11.6 Å². The highest BCUT2D eigenvalue weighted by Crippen LogP contribution is 2.21. The maximum atomic E-state index is 5.27. The summed E-state index contributed by atoms with van der Waals surface area (Å²) < 4.78 is 5.27. The quantitative estimate of drug-likeness (QED) is 0.571. The normalized spacial score (nSPS) is 17.2. The molecule has 2 aliphatic rings. The number of benzene rings is 1. The SMILES string of the molecule is CCNC(=NCc1ccnc(N2CCCC2)c1)N1CCN(c2ccc(OC)cc2)CC1. The third kappa shape index (κ3) is 5.40. The van der Waals surface area contributed by atoms with E-state index in [0.717, 1.165) is 63.3 Å². The fourth-order valence-corrected chi connectivity index (χ4v) is 4.24. The minimum absolute atomic E-state index is 0.671. The topological polar surface area (TPSA) is 56.2 Å². The minimum atomic E-state index is 0.671. The lowest BCUT2D eigenvalue weighted by Crippen LogP contribution is -2.52. The van der Waals surface area contributed by atoms with Crippen LogP contribution < -0.4 is 19.9 Å². The number of anilines is 2. The number of rotatable bonds is 6. The largest absolute Gasteiger partial charge is 0.497 e. The molecule has 0 aliphatic carbocycles. The van der Waals surface area contributed by atoms with Gasteiger partial charge in [-0.05, 0) is 61.7 Å². The van der Waals surface area contributed by atoms with Crippen LogP contribution in [-0.4, -0.2) is 68.8 Å². The molecule has 2 saturated heterocycles. The monoisotopic (exact) mass is 422 g/mol. The molecule has 0 bridgehead atoms. The van der Waals surface area contributed by atoms with Gasteiger partial charge in [-0.2, -0.15) is 0 Å². The van der Waals surface area contributed by atoms with Crippen molar-refractivity contribution < 1.29 is 4.74 Å². The van der Waals surface area contributed by atoms with Gasteiger partial charge < -0.3 is 24.8 Å². The Bertz CT molecular complexity index is 855. The van der Waals surface area contributed by atoms with Gasteiger partial charge in [0.25, 0.3) is 0 Å². The van der Waals surface area contributed by atoms with E-state index >= 15 is 0 Å². The molecule has 166 valence electrons. The van der Waals surface area contributed by atoms with E-state index in [1.165, 1.54) is 24.1 Å². The van der Waals surface area contributed by atoms with E-state index in [-0.39, 0.29) is 0 Å². The van der Waals surface area contributed by atoms with E-state index < -0.39 is 0 Å². The number of hydrogen-bond donors (Lipinski definition) is 1. The summed E-state index contributed by atoms with van der Waals surface area (Å²) in [5.74, 6) is 2.98. The second kappa shape index (κ2) is 10.4. The fourth-order valence-electron chi connectivity index (χ4n) is 4.24. The van der Waals surface area contributed by atoms with Gasteiger partial charge in [0.15, 0.2) is 5.96 Å². The van der Waals surface area contributed by atoms with Crippen LogP contribution in [-0.2, 0) is 6.54 Å². The van der Waals surface area contributed by atoms with E-state index in [1.54, 1.807) is 7.11 Å². The van der Waals surface area contributed by atoms with E-state index in [0.29, 0.717) is 6.54 Å². The lowest BCUT2D eigenvalue weighted by Gasteiger charge is -2.37. The van der Waals surface area contributed by atoms with Crippen molar-refractivity contribution in [2.75, 3.05) is 62.7 Å². The van der Waals surface area contributed by atoms with Crippen molar-refractivity contribution in [1.82, 2.24) is 15.2 Å². The Morgan fingerprint density at radius 3 is 2.42 bits per heavy atom. The van der Waals surface area contributed by atoms with E-state index in [2.05, 4.69) is 56.2 Å². The van der Waals surface area contributed by atoms with E-state index in [4.69, 9.17) is 9.73 Å². The molecule has 1 aromatic carbocycles. The van der Waals surface area contributed by atoms with Crippen LogP contribution in [0.25, 0.3) is 0 Å². The van der Waals surface area contributed by atoms with Crippen molar-refractivity contribution in [3.8, 4) is 5.75 Å². The van der Waals surface area contributed by atoms with Gasteiger partial charge in [-0.15, -0.1) is 0 Å². The second-order valence-electron chi connectivity index (χ2n) is 8.06. The molecule has 1 N–H and O–H groups in total. The number of aliphatic imine (C=N–C) groups is 1. The van der Waals surface area contributed by atoms with Crippen LogP contribution in [0, 0.1) is 0 Å². The van der Waals surface area contributed by atoms with Crippen LogP contribution in [0.2, 0.25) is 0 Å². The zero-order valence-corrected chi connectivity index (χ0v) is 18.8. The molecule has 7 nitrogen and oxygen atoms in total. The zero-order valence-electron chi connectivity index (χ0n) is 18.8. The first-order chi connectivity index (χ1) is 15.3. The van der Waals surface area contributed by atoms with Crippen LogP contribution in [0.1, 0.15) is 25.3 Å². The molecule has 1 aromatic heterocycles. The summed E-state index contributed by atoms with van der Waals surface area (Å²) in [6.45, 7) is 9.75.